The van der Waals surface area contributed by atoms with Crippen molar-refractivity contribution in [2.24, 2.45) is 0 Å². The highest BCUT2D eigenvalue weighted by molar-refractivity contribution is 7.17. The molecule has 0 aliphatic heterocycles. The van der Waals surface area contributed by atoms with Gasteiger partial charge in [-0.25, -0.2) is 4.98 Å². The van der Waals surface area contributed by atoms with Crippen LogP contribution in [0.1, 0.15) is 46.6 Å². The molecule has 0 saturated carbocycles. The van der Waals surface area contributed by atoms with Gasteiger partial charge in [-0.1, -0.05) is 37.3 Å². The minimum Gasteiger partial charge on any atom is -0.342 e. The summed E-state index contributed by atoms with van der Waals surface area (Å²) in [7, 11) is 0. The number of hydrogen-bond acceptors (Lipinski definition) is 5. The number of rotatable bonds is 5. The van der Waals surface area contributed by atoms with Crippen molar-refractivity contribution in [2.75, 3.05) is 0 Å². The number of hydrogen-bond donors (Lipinski definition) is 1. The van der Waals surface area contributed by atoms with Crippen molar-refractivity contribution in [3.63, 3.8) is 0 Å². The molecule has 0 spiro atoms. The summed E-state index contributed by atoms with van der Waals surface area (Å²) in [6, 6.07) is 13.7. The van der Waals surface area contributed by atoms with E-state index in [-0.39, 0.29) is 11.9 Å². The van der Waals surface area contributed by atoms with Gasteiger partial charge in [-0.15, -0.1) is 21.5 Å². The second-order valence-electron chi connectivity index (χ2n) is 6.67. The molecular formula is C21H21N5OS. The molecule has 7 heteroatoms. The van der Waals surface area contributed by atoms with Crippen LogP contribution in [0.2, 0.25) is 0 Å². The minimum absolute atomic E-state index is 0.147. The van der Waals surface area contributed by atoms with Gasteiger partial charge in [-0.2, -0.15) is 0 Å². The molecule has 1 amide bonds. The van der Waals surface area contributed by atoms with E-state index < -0.39 is 0 Å². The maximum Gasteiger partial charge on any atom is 0.263 e. The lowest BCUT2D eigenvalue weighted by molar-refractivity contribution is 0.0941. The van der Waals surface area contributed by atoms with Crippen LogP contribution in [0.3, 0.4) is 0 Å². The number of aromatic nitrogens is 4. The Morgan fingerprint density at radius 2 is 1.96 bits per heavy atom. The van der Waals surface area contributed by atoms with Crippen LogP contribution in [0.4, 0.5) is 0 Å². The zero-order chi connectivity index (χ0) is 19.7. The van der Waals surface area contributed by atoms with E-state index in [1.54, 1.807) is 0 Å². The van der Waals surface area contributed by atoms with Crippen molar-refractivity contribution in [3.05, 3.63) is 70.6 Å². The Morgan fingerprint density at radius 1 is 1.18 bits per heavy atom. The third-order valence-electron chi connectivity index (χ3n) is 4.69. The van der Waals surface area contributed by atoms with Crippen molar-refractivity contribution in [1.82, 2.24) is 24.9 Å². The molecule has 4 aromatic rings. The van der Waals surface area contributed by atoms with E-state index >= 15 is 0 Å². The number of pyridine rings is 1. The van der Waals surface area contributed by atoms with E-state index in [9.17, 15) is 4.79 Å². The number of benzene rings is 1. The highest BCUT2D eigenvalue weighted by Gasteiger charge is 2.21. The van der Waals surface area contributed by atoms with Crippen molar-refractivity contribution in [2.45, 2.75) is 33.2 Å². The fraction of sp³-hybridized carbons (Fsp3) is 0.238. The van der Waals surface area contributed by atoms with E-state index in [4.69, 9.17) is 0 Å². The van der Waals surface area contributed by atoms with Gasteiger partial charge in [0, 0.05) is 11.8 Å². The second kappa shape index (κ2) is 7.52. The van der Waals surface area contributed by atoms with E-state index in [2.05, 4.69) is 51.7 Å². The van der Waals surface area contributed by atoms with Crippen LogP contribution in [0, 0.1) is 6.92 Å². The lowest BCUT2D eigenvalue weighted by Crippen LogP contribution is -2.27. The summed E-state index contributed by atoms with van der Waals surface area (Å²) in [4.78, 5) is 18.1. The fourth-order valence-electron chi connectivity index (χ4n) is 3.10. The largest absolute Gasteiger partial charge is 0.342 e. The lowest BCUT2D eigenvalue weighted by atomic mass is 10.1. The van der Waals surface area contributed by atoms with Crippen LogP contribution in [0.15, 0.2) is 48.7 Å². The van der Waals surface area contributed by atoms with Gasteiger partial charge in [0.15, 0.2) is 11.5 Å². The van der Waals surface area contributed by atoms with Gasteiger partial charge in [0.25, 0.3) is 5.91 Å². The van der Waals surface area contributed by atoms with Gasteiger partial charge >= 0.3 is 0 Å². The molecule has 1 aromatic carbocycles. The molecule has 4 rings (SSSR count). The van der Waals surface area contributed by atoms with E-state index in [1.807, 2.05) is 42.6 Å². The maximum atomic E-state index is 12.9. The second-order valence-corrected chi connectivity index (χ2v) is 7.67. The summed E-state index contributed by atoms with van der Waals surface area (Å²) in [5.74, 6) is 0.549. The molecule has 0 bridgehead atoms. The highest BCUT2D eigenvalue weighted by Crippen LogP contribution is 2.28. The molecule has 0 aliphatic carbocycles. The first-order valence-corrected chi connectivity index (χ1v) is 10.1. The van der Waals surface area contributed by atoms with Crippen LogP contribution >= 0.6 is 11.3 Å². The molecule has 0 aliphatic rings. The van der Waals surface area contributed by atoms with E-state index in [0.717, 1.165) is 28.3 Å². The number of thiazole rings is 1. The summed E-state index contributed by atoms with van der Waals surface area (Å²) in [6.45, 7) is 5.90. The van der Waals surface area contributed by atoms with Crippen LogP contribution in [0.25, 0.3) is 16.2 Å². The molecule has 1 unspecified atom stereocenters. The minimum atomic E-state index is -0.279. The van der Waals surface area contributed by atoms with Crippen molar-refractivity contribution in [1.29, 1.82) is 0 Å². The van der Waals surface area contributed by atoms with Crippen LogP contribution < -0.4 is 5.32 Å². The average molecular weight is 392 g/mol. The van der Waals surface area contributed by atoms with Crippen molar-refractivity contribution in [3.8, 4) is 10.6 Å². The first-order chi connectivity index (χ1) is 13.6. The first-order valence-electron chi connectivity index (χ1n) is 9.24. The Kier molecular flexibility index (Phi) is 4.92. The molecule has 1 atom stereocenters. The molecule has 1 N–H and O–H groups in total. The standard InChI is InChI=1S/C21H21N5OS/c1-4-15-8-10-16(11-9-15)21-23-13(2)18(28-21)20(27)22-14(3)19-25-24-17-7-5-6-12-26(17)19/h5-12,14H,4H2,1-3H3,(H,22,27). The SMILES string of the molecule is CCc1ccc(-c2nc(C)c(C(=O)NC(C)c3nnc4ccccn34)s2)cc1. The van der Waals surface area contributed by atoms with E-state index in [0.29, 0.717) is 10.7 Å². The van der Waals surface area contributed by atoms with Crippen LogP contribution in [0.5, 0.6) is 0 Å². The number of nitrogens with one attached hydrogen (secondary N) is 1. The number of carbonyl (C=O) groups is 1. The fourth-order valence-corrected chi connectivity index (χ4v) is 4.07. The molecule has 0 fully saturated rings. The zero-order valence-corrected chi connectivity index (χ0v) is 16.8. The number of fused-ring (bicyclic) bond motifs is 1. The summed E-state index contributed by atoms with van der Waals surface area (Å²) in [5.41, 5.74) is 3.80. The Hall–Kier alpha value is -3.06. The topological polar surface area (TPSA) is 72.2 Å². The summed E-state index contributed by atoms with van der Waals surface area (Å²) < 4.78 is 1.88. The normalized spacial score (nSPS) is 12.2. The van der Waals surface area contributed by atoms with Gasteiger partial charge in [0.1, 0.15) is 9.88 Å². The Balaban J connectivity index is 1.55. The molecule has 142 valence electrons. The zero-order valence-electron chi connectivity index (χ0n) is 16.0. The monoisotopic (exact) mass is 391 g/mol. The molecule has 3 aromatic heterocycles. The molecule has 28 heavy (non-hydrogen) atoms. The third kappa shape index (κ3) is 3.41. The smallest absolute Gasteiger partial charge is 0.263 e. The number of amides is 1. The number of nitrogens with zero attached hydrogens (tertiary/aromatic N) is 4. The summed E-state index contributed by atoms with van der Waals surface area (Å²) in [6.07, 6.45) is 2.89. The quantitative estimate of drug-likeness (QED) is 0.553. The maximum absolute atomic E-state index is 12.9. The number of aryl methyl sites for hydroxylation is 2. The summed E-state index contributed by atoms with van der Waals surface area (Å²) >= 11 is 1.41. The molecule has 0 radical (unpaired) electrons. The predicted molar refractivity (Wildman–Crippen MR) is 111 cm³/mol. The molecule has 0 saturated heterocycles. The van der Waals surface area contributed by atoms with Gasteiger partial charge in [0.2, 0.25) is 0 Å². The summed E-state index contributed by atoms with van der Waals surface area (Å²) in [5, 5.41) is 12.2. The van der Waals surface area contributed by atoms with E-state index in [1.165, 1.54) is 16.9 Å². The number of carbonyl (C=O) groups excluding carboxylic acids is 1. The Morgan fingerprint density at radius 3 is 2.71 bits per heavy atom. The van der Waals surface area contributed by atoms with Crippen LogP contribution in [-0.4, -0.2) is 25.5 Å². The first kappa shape index (κ1) is 18.3. The molecule has 3 heterocycles. The third-order valence-corrected chi connectivity index (χ3v) is 5.89. The highest BCUT2D eigenvalue weighted by atomic mass is 32.1. The van der Waals surface area contributed by atoms with Crippen molar-refractivity contribution >= 4 is 22.9 Å². The van der Waals surface area contributed by atoms with Gasteiger partial charge in [-0.05, 0) is 38.0 Å². The van der Waals surface area contributed by atoms with Crippen molar-refractivity contribution < 1.29 is 4.79 Å². The average Bonchev–Trinajstić information content (AvgIpc) is 3.32. The molecule has 6 nitrogen and oxygen atoms in total. The predicted octanol–water partition coefficient (Wildman–Crippen LogP) is 4.21. The Bertz CT molecular complexity index is 1130. The lowest BCUT2D eigenvalue weighted by Gasteiger charge is -2.11. The molecular weight excluding hydrogens is 370 g/mol. The van der Waals surface area contributed by atoms with Crippen LogP contribution in [-0.2, 0) is 6.42 Å². The van der Waals surface area contributed by atoms with Gasteiger partial charge in [-0.3, -0.25) is 9.20 Å². The van der Waals surface area contributed by atoms with Gasteiger partial charge in [0.05, 0.1) is 11.7 Å². The van der Waals surface area contributed by atoms with Gasteiger partial charge < -0.3 is 5.32 Å². The Labute approximate surface area is 167 Å².